The van der Waals surface area contributed by atoms with Crippen LogP contribution in [0.25, 0.3) is 10.9 Å². The Kier molecular flexibility index (Phi) is 4.94. The molecule has 2 N–H and O–H groups in total. The third kappa shape index (κ3) is 3.24. The van der Waals surface area contributed by atoms with Crippen molar-refractivity contribution < 1.29 is 19.0 Å². The molecule has 0 spiro atoms. The first kappa shape index (κ1) is 20.6. The monoisotopic (exact) mass is 437 g/mol. The summed E-state index contributed by atoms with van der Waals surface area (Å²) in [4.78, 5) is 26.0. The van der Waals surface area contributed by atoms with Gasteiger partial charge in [0.05, 0.1) is 28.4 Å². The van der Waals surface area contributed by atoms with E-state index in [1.807, 2.05) is 11.9 Å². The molecule has 1 aromatic heterocycles. The van der Waals surface area contributed by atoms with Gasteiger partial charge in [0.2, 0.25) is 5.43 Å². The zero-order chi connectivity index (χ0) is 22.6. The Balaban J connectivity index is 1.68. The largest absolute Gasteiger partial charge is 0.511 e. The lowest BCUT2D eigenvalue weighted by molar-refractivity contribution is 0.143. The number of hydrogen-bond donors (Lipinski definition) is 2. The molecule has 5 rings (SSSR count). The lowest BCUT2D eigenvalue weighted by Gasteiger charge is -2.28. The molecular weight excluding hydrogens is 413 g/mol. The summed E-state index contributed by atoms with van der Waals surface area (Å²) in [5, 5.41) is 12.4. The number of hydrogen-bond acceptors (Lipinski definition) is 5. The van der Waals surface area contributed by atoms with Gasteiger partial charge in [0.25, 0.3) is 0 Å². The smallest absolute Gasteiger partial charge is 0.449 e. The summed E-state index contributed by atoms with van der Waals surface area (Å²) >= 11 is 0. The molecule has 2 aromatic rings. The van der Waals surface area contributed by atoms with Crippen molar-refractivity contribution in [3.05, 3.63) is 46.0 Å². The molecule has 0 amide bonds. The number of aromatic nitrogens is 1. The summed E-state index contributed by atoms with van der Waals surface area (Å²) < 4.78 is 22.0. The fraction of sp³-hybridized carbons (Fsp3) is 0.417. The Bertz CT molecular complexity index is 1240. The number of carbonyl (C=O) groups is 1. The molecular formula is C24H24FN3O4. The minimum absolute atomic E-state index is 0.0382. The van der Waals surface area contributed by atoms with Gasteiger partial charge < -0.3 is 24.6 Å². The summed E-state index contributed by atoms with van der Waals surface area (Å²) in [6.07, 6.45) is 12.7. The minimum Gasteiger partial charge on any atom is -0.449 e. The van der Waals surface area contributed by atoms with E-state index in [9.17, 15) is 9.59 Å². The van der Waals surface area contributed by atoms with Crippen LogP contribution in [0.5, 0.6) is 5.75 Å². The molecule has 2 heterocycles. The average Bonchev–Trinajstić information content (AvgIpc) is 3.52. The highest BCUT2D eigenvalue weighted by atomic mass is 19.1. The van der Waals surface area contributed by atoms with Crippen LogP contribution < -0.4 is 20.4 Å². The van der Waals surface area contributed by atoms with Crippen molar-refractivity contribution >= 4 is 22.7 Å². The van der Waals surface area contributed by atoms with E-state index in [0.29, 0.717) is 41.7 Å². The van der Waals surface area contributed by atoms with E-state index in [1.165, 1.54) is 12.3 Å². The lowest BCUT2D eigenvalue weighted by atomic mass is 9.82. The molecule has 2 fully saturated rings. The number of ether oxygens (including phenoxy) is 1. The molecule has 8 heteroatoms. The van der Waals surface area contributed by atoms with Gasteiger partial charge in [-0.05, 0) is 38.3 Å². The zero-order valence-corrected chi connectivity index (χ0v) is 17.7. The molecule has 1 aliphatic heterocycles. The molecule has 1 saturated carbocycles. The molecule has 1 saturated heterocycles. The zero-order valence-electron chi connectivity index (χ0n) is 17.7. The first-order chi connectivity index (χ1) is 15.4. The van der Waals surface area contributed by atoms with Crippen LogP contribution >= 0.6 is 0 Å². The van der Waals surface area contributed by atoms with E-state index < -0.39 is 17.4 Å². The van der Waals surface area contributed by atoms with Crippen LogP contribution in [0, 0.1) is 30.0 Å². The number of terminal acetylenes is 1. The molecule has 3 atom stereocenters. The third-order valence-electron chi connectivity index (χ3n) is 6.88. The van der Waals surface area contributed by atoms with Crippen molar-refractivity contribution in [2.75, 3.05) is 25.0 Å². The Labute approximate surface area is 184 Å². The van der Waals surface area contributed by atoms with E-state index in [2.05, 4.69) is 28.1 Å². The maximum absolute atomic E-state index is 15.5. The molecule has 7 nitrogen and oxygen atoms in total. The number of carboxylic acid groups (broad SMARTS) is 1. The standard InChI is InChI=1S/C24H24FN3O4/c1-3-15-21-16(23(29)20(32-24(30)31)12-28(21)14-7-8-14)9-18(25)22(15)27-10-13-5-4-6-19(26-2)17(13)11-27/h1,4,6,9,12-14,17,19,26H,5,7-8,10-11H2,2H3,(H,30,31). The number of nitrogens with one attached hydrogen (secondary N) is 1. The van der Waals surface area contributed by atoms with Crippen molar-refractivity contribution in [3.8, 4) is 18.1 Å². The van der Waals surface area contributed by atoms with Crippen LogP contribution in [-0.4, -0.2) is 42.0 Å². The summed E-state index contributed by atoms with van der Waals surface area (Å²) in [7, 11) is 1.93. The van der Waals surface area contributed by atoms with Crippen LogP contribution in [0.15, 0.2) is 29.2 Å². The predicted octanol–water partition coefficient (Wildman–Crippen LogP) is 3.11. The first-order valence-corrected chi connectivity index (χ1v) is 10.8. The van der Waals surface area contributed by atoms with Gasteiger partial charge in [-0.15, -0.1) is 6.42 Å². The number of benzene rings is 1. The number of fused-ring (bicyclic) bond motifs is 2. The molecule has 3 aliphatic rings. The highest BCUT2D eigenvalue weighted by Gasteiger charge is 2.40. The third-order valence-corrected chi connectivity index (χ3v) is 6.88. The molecule has 166 valence electrons. The Morgan fingerprint density at radius 2 is 2.16 bits per heavy atom. The number of nitrogens with zero attached hydrogens (tertiary/aromatic N) is 2. The molecule has 2 aliphatic carbocycles. The van der Waals surface area contributed by atoms with Crippen LogP contribution in [0.1, 0.15) is 30.9 Å². The van der Waals surface area contributed by atoms with E-state index in [1.54, 1.807) is 4.57 Å². The van der Waals surface area contributed by atoms with Crippen LogP contribution in [0.2, 0.25) is 0 Å². The SMILES string of the molecule is C#Cc1c(N2CC3CC=CC(NC)C3C2)c(F)cc2c(=O)c(OC(=O)O)cn(C3CC3)c12. The molecule has 1 aromatic carbocycles. The summed E-state index contributed by atoms with van der Waals surface area (Å²) in [6, 6.07) is 1.47. The Morgan fingerprint density at radius 1 is 1.38 bits per heavy atom. The van der Waals surface area contributed by atoms with Crippen molar-refractivity contribution in [1.29, 1.82) is 0 Å². The van der Waals surface area contributed by atoms with Gasteiger partial charge in [-0.3, -0.25) is 4.79 Å². The first-order valence-electron chi connectivity index (χ1n) is 10.8. The number of rotatable bonds is 4. The highest BCUT2D eigenvalue weighted by molar-refractivity contribution is 5.92. The van der Waals surface area contributed by atoms with Crippen molar-refractivity contribution in [1.82, 2.24) is 9.88 Å². The van der Waals surface area contributed by atoms with E-state index >= 15 is 4.39 Å². The van der Waals surface area contributed by atoms with Gasteiger partial charge in [-0.1, -0.05) is 18.1 Å². The van der Waals surface area contributed by atoms with Crippen LogP contribution in [0.4, 0.5) is 14.9 Å². The predicted molar refractivity (Wildman–Crippen MR) is 119 cm³/mol. The maximum Gasteiger partial charge on any atom is 0.511 e. The Hall–Kier alpha value is -3.31. The topological polar surface area (TPSA) is 83.8 Å². The van der Waals surface area contributed by atoms with E-state index in [4.69, 9.17) is 11.5 Å². The number of likely N-dealkylation sites (N-methyl/N-ethyl adjacent to an activating group) is 1. The second-order valence-electron chi connectivity index (χ2n) is 8.76. The summed E-state index contributed by atoms with van der Waals surface area (Å²) in [5.41, 5.74) is 0.450. The molecule has 0 bridgehead atoms. The van der Waals surface area contributed by atoms with Gasteiger partial charge in [-0.2, -0.15) is 0 Å². The quantitative estimate of drug-likeness (QED) is 0.435. The minimum atomic E-state index is -1.59. The van der Waals surface area contributed by atoms with Crippen LogP contribution in [-0.2, 0) is 0 Å². The maximum atomic E-state index is 15.5. The highest BCUT2D eigenvalue weighted by Crippen LogP contribution is 2.43. The molecule has 0 radical (unpaired) electrons. The van der Waals surface area contributed by atoms with Crippen molar-refractivity contribution in [2.24, 2.45) is 11.8 Å². The van der Waals surface area contributed by atoms with Gasteiger partial charge in [0, 0.05) is 31.1 Å². The summed E-state index contributed by atoms with van der Waals surface area (Å²) in [5.74, 6) is 2.44. The fourth-order valence-electron chi connectivity index (χ4n) is 5.29. The van der Waals surface area contributed by atoms with E-state index in [0.717, 1.165) is 19.3 Å². The second-order valence-corrected chi connectivity index (χ2v) is 8.76. The van der Waals surface area contributed by atoms with E-state index in [-0.39, 0.29) is 23.2 Å². The summed E-state index contributed by atoms with van der Waals surface area (Å²) in [6.45, 7) is 1.34. The number of anilines is 1. The van der Waals surface area contributed by atoms with Crippen molar-refractivity contribution in [3.63, 3.8) is 0 Å². The molecule has 32 heavy (non-hydrogen) atoms. The Morgan fingerprint density at radius 3 is 2.81 bits per heavy atom. The fourth-order valence-corrected chi connectivity index (χ4v) is 5.29. The van der Waals surface area contributed by atoms with Gasteiger partial charge in [0.15, 0.2) is 5.75 Å². The average molecular weight is 437 g/mol. The van der Waals surface area contributed by atoms with Crippen molar-refractivity contribution in [2.45, 2.75) is 31.3 Å². The van der Waals surface area contributed by atoms with Gasteiger partial charge >= 0.3 is 6.16 Å². The molecule has 3 unspecified atom stereocenters. The lowest BCUT2D eigenvalue weighted by Crippen LogP contribution is -2.38. The number of allylic oxidation sites excluding steroid dienone is 1. The second kappa shape index (κ2) is 7.68. The van der Waals surface area contributed by atoms with Crippen LogP contribution in [0.3, 0.4) is 0 Å². The number of pyridine rings is 1. The number of halogens is 1. The van der Waals surface area contributed by atoms with Gasteiger partial charge in [-0.25, -0.2) is 9.18 Å². The van der Waals surface area contributed by atoms with Gasteiger partial charge in [0.1, 0.15) is 5.82 Å². The normalized spacial score (nSPS) is 24.4.